The normalized spacial score (nSPS) is 19.0. The molecule has 0 spiro atoms. The zero-order valence-electron chi connectivity index (χ0n) is 10.6. The number of tetrazole rings is 1. The van der Waals surface area contributed by atoms with Crippen molar-refractivity contribution in [1.82, 2.24) is 30.3 Å². The van der Waals surface area contributed by atoms with Gasteiger partial charge in [-0.05, 0) is 30.2 Å². The third kappa shape index (κ3) is 2.33. The van der Waals surface area contributed by atoms with Gasteiger partial charge in [0.15, 0.2) is 5.76 Å². The number of aryl methyl sites for hydroxylation is 1. The first-order chi connectivity index (χ1) is 9.24. The molecule has 1 aliphatic heterocycles. The van der Waals surface area contributed by atoms with Gasteiger partial charge in [0.05, 0.1) is 11.7 Å². The fourth-order valence-electron chi connectivity index (χ4n) is 2.38. The predicted molar refractivity (Wildman–Crippen MR) is 62.7 cm³/mol. The Bertz CT molecular complexity index is 564. The van der Waals surface area contributed by atoms with Gasteiger partial charge in [-0.25, -0.2) is 4.68 Å². The van der Waals surface area contributed by atoms with Crippen LogP contribution in [0.1, 0.15) is 30.3 Å². The van der Waals surface area contributed by atoms with E-state index >= 15 is 0 Å². The molecule has 0 radical (unpaired) electrons. The molecule has 0 aromatic carbocycles. The topological polar surface area (TPSA) is 89.9 Å². The SMILES string of the molecule is Cc1cc([C@@H]2CCCN2C(=O)Cn2cnnn2)on1. The van der Waals surface area contributed by atoms with E-state index in [4.69, 9.17) is 4.52 Å². The van der Waals surface area contributed by atoms with E-state index in [9.17, 15) is 4.79 Å². The Labute approximate surface area is 109 Å². The highest BCUT2D eigenvalue weighted by molar-refractivity contribution is 5.76. The van der Waals surface area contributed by atoms with Crippen molar-refractivity contribution in [2.45, 2.75) is 32.4 Å². The summed E-state index contributed by atoms with van der Waals surface area (Å²) < 4.78 is 6.69. The summed E-state index contributed by atoms with van der Waals surface area (Å²) in [7, 11) is 0. The summed E-state index contributed by atoms with van der Waals surface area (Å²) in [5.74, 6) is 0.740. The molecule has 3 rings (SSSR count). The van der Waals surface area contributed by atoms with E-state index in [1.807, 2.05) is 17.9 Å². The molecule has 1 atom stereocenters. The van der Waals surface area contributed by atoms with Crippen LogP contribution in [0.3, 0.4) is 0 Å². The number of rotatable bonds is 3. The molecule has 0 unspecified atom stereocenters. The molecule has 100 valence electrons. The molecule has 1 fully saturated rings. The Morgan fingerprint density at radius 2 is 2.47 bits per heavy atom. The van der Waals surface area contributed by atoms with E-state index in [1.54, 1.807) is 0 Å². The molecule has 0 bridgehead atoms. The molecule has 1 amide bonds. The average molecular weight is 262 g/mol. The lowest BCUT2D eigenvalue weighted by molar-refractivity contribution is -0.133. The number of carbonyl (C=O) groups excluding carboxylic acids is 1. The van der Waals surface area contributed by atoms with Crippen LogP contribution in [0.2, 0.25) is 0 Å². The van der Waals surface area contributed by atoms with Crippen molar-refractivity contribution in [2.75, 3.05) is 6.54 Å². The van der Waals surface area contributed by atoms with Crippen LogP contribution in [0.25, 0.3) is 0 Å². The van der Waals surface area contributed by atoms with Crippen molar-refractivity contribution in [1.29, 1.82) is 0 Å². The lowest BCUT2D eigenvalue weighted by Crippen LogP contribution is -2.33. The maximum atomic E-state index is 12.3. The number of nitrogens with zero attached hydrogens (tertiary/aromatic N) is 6. The molecule has 2 aromatic rings. The molecular formula is C11H14N6O2. The smallest absolute Gasteiger partial charge is 0.245 e. The van der Waals surface area contributed by atoms with Gasteiger partial charge in [0.1, 0.15) is 12.9 Å². The first-order valence-corrected chi connectivity index (χ1v) is 6.17. The van der Waals surface area contributed by atoms with Crippen molar-refractivity contribution in [2.24, 2.45) is 0 Å². The molecule has 0 saturated carbocycles. The first-order valence-electron chi connectivity index (χ1n) is 6.17. The first kappa shape index (κ1) is 11.8. The lowest BCUT2D eigenvalue weighted by Gasteiger charge is -2.22. The Kier molecular flexibility index (Phi) is 2.98. The van der Waals surface area contributed by atoms with Crippen LogP contribution in [-0.4, -0.2) is 42.7 Å². The summed E-state index contributed by atoms with van der Waals surface area (Å²) in [6.07, 6.45) is 3.29. The largest absolute Gasteiger partial charge is 0.359 e. The summed E-state index contributed by atoms with van der Waals surface area (Å²) in [4.78, 5) is 14.1. The number of aromatic nitrogens is 5. The second kappa shape index (κ2) is 4.79. The molecular weight excluding hydrogens is 248 g/mol. The minimum atomic E-state index is -0.0230. The molecule has 2 aromatic heterocycles. The van der Waals surface area contributed by atoms with Crippen molar-refractivity contribution in [3.8, 4) is 0 Å². The fourth-order valence-corrected chi connectivity index (χ4v) is 2.38. The molecule has 0 N–H and O–H groups in total. The van der Waals surface area contributed by atoms with E-state index in [0.717, 1.165) is 30.8 Å². The minimum Gasteiger partial charge on any atom is -0.359 e. The van der Waals surface area contributed by atoms with E-state index in [0.29, 0.717) is 0 Å². The van der Waals surface area contributed by atoms with Crippen molar-refractivity contribution < 1.29 is 9.32 Å². The van der Waals surface area contributed by atoms with Gasteiger partial charge >= 0.3 is 0 Å². The molecule has 0 aliphatic carbocycles. The van der Waals surface area contributed by atoms with Gasteiger partial charge in [0.25, 0.3) is 0 Å². The predicted octanol–water partition coefficient (Wildman–Crippen LogP) is 0.333. The number of carbonyl (C=O) groups is 1. The van der Waals surface area contributed by atoms with Gasteiger partial charge in [-0.15, -0.1) is 5.10 Å². The highest BCUT2D eigenvalue weighted by atomic mass is 16.5. The van der Waals surface area contributed by atoms with Gasteiger partial charge in [0.2, 0.25) is 5.91 Å². The van der Waals surface area contributed by atoms with Crippen LogP contribution >= 0.6 is 0 Å². The number of amides is 1. The number of hydrogen-bond acceptors (Lipinski definition) is 6. The summed E-state index contributed by atoms with van der Waals surface area (Å²) in [6, 6.07) is 1.86. The quantitative estimate of drug-likeness (QED) is 0.792. The molecule has 19 heavy (non-hydrogen) atoms. The number of likely N-dealkylation sites (tertiary alicyclic amines) is 1. The Hall–Kier alpha value is -2.25. The second-order valence-electron chi connectivity index (χ2n) is 4.62. The van der Waals surface area contributed by atoms with E-state index < -0.39 is 0 Å². The van der Waals surface area contributed by atoms with E-state index in [2.05, 4.69) is 20.7 Å². The highest BCUT2D eigenvalue weighted by Gasteiger charge is 2.32. The van der Waals surface area contributed by atoms with Crippen LogP contribution in [0.15, 0.2) is 16.9 Å². The summed E-state index contributed by atoms with van der Waals surface area (Å²) in [5, 5.41) is 14.6. The fraction of sp³-hybridized carbons (Fsp3) is 0.545. The Morgan fingerprint density at radius 3 is 3.16 bits per heavy atom. The summed E-state index contributed by atoms with van der Waals surface area (Å²) >= 11 is 0. The van der Waals surface area contributed by atoms with Crippen LogP contribution in [0, 0.1) is 6.92 Å². The molecule has 1 saturated heterocycles. The van der Waals surface area contributed by atoms with Crippen LogP contribution in [-0.2, 0) is 11.3 Å². The van der Waals surface area contributed by atoms with Crippen LogP contribution in [0.5, 0.6) is 0 Å². The molecule has 3 heterocycles. The van der Waals surface area contributed by atoms with Gasteiger partial charge in [-0.2, -0.15) is 0 Å². The van der Waals surface area contributed by atoms with Gasteiger partial charge < -0.3 is 9.42 Å². The third-order valence-electron chi connectivity index (χ3n) is 3.24. The summed E-state index contributed by atoms with van der Waals surface area (Å²) in [6.45, 7) is 2.75. The van der Waals surface area contributed by atoms with Crippen molar-refractivity contribution >= 4 is 5.91 Å². The zero-order chi connectivity index (χ0) is 13.2. The maximum absolute atomic E-state index is 12.3. The van der Waals surface area contributed by atoms with Gasteiger partial charge in [-0.3, -0.25) is 4.79 Å². The van der Waals surface area contributed by atoms with Crippen LogP contribution in [0.4, 0.5) is 0 Å². The monoisotopic (exact) mass is 262 g/mol. The standard InChI is InChI=1S/C11H14N6O2/c1-8-5-10(19-13-8)9-3-2-4-17(9)11(18)6-16-7-12-14-15-16/h5,7,9H,2-4,6H2,1H3/t9-/m0/s1. The Balaban J connectivity index is 1.74. The molecule has 8 nitrogen and oxygen atoms in total. The maximum Gasteiger partial charge on any atom is 0.245 e. The minimum absolute atomic E-state index is 0.0103. The number of hydrogen-bond donors (Lipinski definition) is 0. The van der Waals surface area contributed by atoms with E-state index in [-0.39, 0.29) is 18.5 Å². The van der Waals surface area contributed by atoms with Gasteiger partial charge in [0, 0.05) is 12.6 Å². The van der Waals surface area contributed by atoms with Crippen molar-refractivity contribution in [3.63, 3.8) is 0 Å². The average Bonchev–Trinajstić information content (AvgIpc) is 3.07. The van der Waals surface area contributed by atoms with Crippen LogP contribution < -0.4 is 0 Å². The Morgan fingerprint density at radius 1 is 1.58 bits per heavy atom. The second-order valence-corrected chi connectivity index (χ2v) is 4.62. The highest BCUT2D eigenvalue weighted by Crippen LogP contribution is 2.32. The third-order valence-corrected chi connectivity index (χ3v) is 3.24. The van der Waals surface area contributed by atoms with Gasteiger partial charge in [-0.1, -0.05) is 5.16 Å². The molecule has 1 aliphatic rings. The van der Waals surface area contributed by atoms with E-state index in [1.165, 1.54) is 11.0 Å². The zero-order valence-corrected chi connectivity index (χ0v) is 10.6. The van der Waals surface area contributed by atoms with Crippen molar-refractivity contribution in [3.05, 3.63) is 23.8 Å². The molecule has 8 heteroatoms. The summed E-state index contributed by atoms with van der Waals surface area (Å²) in [5.41, 5.74) is 0.828. The lowest BCUT2D eigenvalue weighted by atomic mass is 10.1.